The van der Waals surface area contributed by atoms with E-state index in [1.807, 2.05) is 0 Å². The molecule has 2 rings (SSSR count). The number of allylic oxidation sites excluding steroid dienone is 1. The van der Waals surface area contributed by atoms with Gasteiger partial charge in [0.1, 0.15) is 11.4 Å². The Morgan fingerprint density at radius 3 is 2.17 bits per heavy atom. The lowest BCUT2D eigenvalue weighted by molar-refractivity contribution is -0.131. The first-order valence-corrected chi connectivity index (χ1v) is 9.44. The van der Waals surface area contributed by atoms with E-state index in [0.29, 0.717) is 28.3 Å². The van der Waals surface area contributed by atoms with Gasteiger partial charge >= 0.3 is 12.1 Å². The summed E-state index contributed by atoms with van der Waals surface area (Å²) in [6.07, 6.45) is 1.14. The predicted molar refractivity (Wildman–Crippen MR) is 115 cm³/mol. The second kappa shape index (κ2) is 9.73. The molecule has 0 heterocycles. The molecule has 0 saturated carbocycles. The van der Waals surface area contributed by atoms with Crippen LogP contribution < -0.4 is 15.4 Å². The van der Waals surface area contributed by atoms with Gasteiger partial charge in [-0.15, -0.1) is 0 Å². The third-order valence-corrected chi connectivity index (χ3v) is 3.77. The molecule has 0 aliphatic rings. The van der Waals surface area contributed by atoms with Crippen molar-refractivity contribution >= 4 is 29.4 Å². The number of carbonyl (C=O) groups is 3. The topological polar surface area (TPSA) is 93.7 Å². The van der Waals surface area contributed by atoms with Crippen LogP contribution in [-0.4, -0.2) is 23.6 Å². The van der Waals surface area contributed by atoms with Crippen molar-refractivity contribution in [1.29, 1.82) is 0 Å². The second-order valence-electron chi connectivity index (χ2n) is 7.45. The van der Waals surface area contributed by atoms with Crippen LogP contribution in [0.4, 0.5) is 10.5 Å². The summed E-state index contributed by atoms with van der Waals surface area (Å²) in [6.45, 7) is 8.43. The molecule has 7 nitrogen and oxygen atoms in total. The molecule has 0 unspecified atom stereocenters. The van der Waals surface area contributed by atoms with Crippen LogP contribution in [0.25, 0.3) is 5.70 Å². The van der Waals surface area contributed by atoms with Gasteiger partial charge in [-0.2, -0.15) is 0 Å². The average Bonchev–Trinajstić information content (AvgIpc) is 2.65. The van der Waals surface area contributed by atoms with E-state index in [2.05, 4.69) is 10.6 Å². The summed E-state index contributed by atoms with van der Waals surface area (Å²) >= 11 is 0. The zero-order chi connectivity index (χ0) is 22.3. The maximum Gasteiger partial charge on any atom is 0.412 e. The molecule has 0 saturated heterocycles. The number of anilines is 1. The minimum Gasteiger partial charge on any atom is -0.444 e. The molecule has 0 aliphatic heterocycles. The summed E-state index contributed by atoms with van der Waals surface area (Å²) in [4.78, 5) is 35.8. The molecule has 158 valence electrons. The Bertz CT molecular complexity index is 956. The van der Waals surface area contributed by atoms with Gasteiger partial charge in [-0.05, 0) is 58.0 Å². The molecular formula is C23H26N2O5. The van der Waals surface area contributed by atoms with Crippen molar-refractivity contribution in [1.82, 2.24) is 5.32 Å². The quantitative estimate of drug-likeness (QED) is 0.548. The normalized spacial score (nSPS) is 11.4. The van der Waals surface area contributed by atoms with Crippen LogP contribution in [-0.2, 0) is 9.53 Å². The number of benzene rings is 2. The molecule has 2 N–H and O–H groups in total. The molecule has 0 atom stereocenters. The molecule has 0 aliphatic carbocycles. The highest BCUT2D eigenvalue weighted by atomic mass is 16.6. The predicted octanol–water partition coefficient (Wildman–Crippen LogP) is 4.75. The fourth-order valence-electron chi connectivity index (χ4n) is 2.57. The Labute approximate surface area is 176 Å². The van der Waals surface area contributed by atoms with E-state index in [1.54, 1.807) is 82.3 Å². The summed E-state index contributed by atoms with van der Waals surface area (Å²) in [5, 5.41) is 5.56. The molecule has 2 amide bonds. The van der Waals surface area contributed by atoms with Crippen LogP contribution >= 0.6 is 0 Å². The second-order valence-corrected chi connectivity index (χ2v) is 7.45. The number of rotatable bonds is 5. The van der Waals surface area contributed by atoms with Crippen molar-refractivity contribution in [2.75, 3.05) is 5.32 Å². The van der Waals surface area contributed by atoms with Gasteiger partial charge in [-0.25, -0.2) is 4.79 Å². The maximum atomic E-state index is 12.7. The summed E-state index contributed by atoms with van der Waals surface area (Å²) in [6, 6.07) is 13.3. The molecule has 2 aromatic rings. The Hall–Kier alpha value is -3.61. The first-order valence-electron chi connectivity index (χ1n) is 9.44. The highest BCUT2D eigenvalue weighted by Crippen LogP contribution is 2.24. The van der Waals surface area contributed by atoms with E-state index < -0.39 is 17.7 Å². The first kappa shape index (κ1) is 22.7. The van der Waals surface area contributed by atoms with Crippen molar-refractivity contribution in [3.8, 4) is 5.75 Å². The number of amides is 2. The van der Waals surface area contributed by atoms with E-state index >= 15 is 0 Å². The summed E-state index contributed by atoms with van der Waals surface area (Å²) < 4.78 is 10.3. The van der Waals surface area contributed by atoms with Gasteiger partial charge < -0.3 is 14.8 Å². The Balaban J connectivity index is 2.18. The van der Waals surface area contributed by atoms with Crippen LogP contribution in [0, 0.1) is 0 Å². The Kier molecular flexibility index (Phi) is 7.36. The van der Waals surface area contributed by atoms with Crippen molar-refractivity contribution < 1.29 is 23.9 Å². The van der Waals surface area contributed by atoms with Gasteiger partial charge in [0.15, 0.2) is 0 Å². The highest BCUT2D eigenvalue weighted by Gasteiger charge is 2.19. The number of alkyl carbamates (subject to hydrolysis) is 1. The lowest BCUT2D eigenvalue weighted by Gasteiger charge is -2.21. The van der Waals surface area contributed by atoms with E-state index in [0.717, 1.165) is 0 Å². The fourth-order valence-corrected chi connectivity index (χ4v) is 2.57. The number of ether oxygens (including phenoxy) is 2. The van der Waals surface area contributed by atoms with Crippen molar-refractivity contribution in [2.45, 2.75) is 40.2 Å². The number of nitrogens with one attached hydrogen (secondary N) is 2. The molecule has 0 fully saturated rings. The van der Waals surface area contributed by atoms with Crippen LogP contribution in [0.1, 0.15) is 50.5 Å². The molecule has 2 aromatic carbocycles. The van der Waals surface area contributed by atoms with Crippen LogP contribution in [0.15, 0.2) is 54.6 Å². The minimum absolute atomic E-state index is 0.343. The van der Waals surface area contributed by atoms with Gasteiger partial charge in [-0.3, -0.25) is 14.9 Å². The lowest BCUT2D eigenvalue weighted by atomic mass is 10.1. The molecule has 0 spiro atoms. The molecule has 0 radical (unpaired) electrons. The van der Waals surface area contributed by atoms with Crippen molar-refractivity contribution in [3.63, 3.8) is 0 Å². The van der Waals surface area contributed by atoms with E-state index in [1.165, 1.54) is 6.92 Å². The van der Waals surface area contributed by atoms with Crippen molar-refractivity contribution in [3.05, 3.63) is 65.7 Å². The van der Waals surface area contributed by atoms with Crippen LogP contribution in [0.2, 0.25) is 0 Å². The van der Waals surface area contributed by atoms with Gasteiger partial charge in [0.05, 0.1) is 5.69 Å². The number of para-hydroxylation sites is 1. The van der Waals surface area contributed by atoms with Gasteiger partial charge in [0, 0.05) is 23.7 Å². The molecule has 7 heteroatoms. The smallest absolute Gasteiger partial charge is 0.412 e. The number of carbonyl (C=O) groups excluding carboxylic acids is 3. The largest absolute Gasteiger partial charge is 0.444 e. The van der Waals surface area contributed by atoms with Crippen LogP contribution in [0.3, 0.4) is 0 Å². The first-order chi connectivity index (χ1) is 14.1. The molecule has 0 aromatic heterocycles. The molecular weight excluding hydrogens is 384 g/mol. The third-order valence-electron chi connectivity index (χ3n) is 3.77. The molecule has 30 heavy (non-hydrogen) atoms. The van der Waals surface area contributed by atoms with Gasteiger partial charge in [-0.1, -0.05) is 24.3 Å². The number of hydrogen-bond acceptors (Lipinski definition) is 5. The van der Waals surface area contributed by atoms with Crippen molar-refractivity contribution in [2.24, 2.45) is 0 Å². The zero-order valence-electron chi connectivity index (χ0n) is 17.7. The zero-order valence-corrected chi connectivity index (χ0v) is 17.7. The minimum atomic E-state index is -0.630. The van der Waals surface area contributed by atoms with E-state index in [4.69, 9.17) is 9.47 Å². The van der Waals surface area contributed by atoms with Crippen LogP contribution in [0.5, 0.6) is 5.75 Å². The number of hydrogen-bond donors (Lipinski definition) is 2. The highest BCUT2D eigenvalue weighted by molar-refractivity contribution is 6.06. The van der Waals surface area contributed by atoms with E-state index in [-0.39, 0.29) is 5.91 Å². The Morgan fingerprint density at radius 2 is 1.60 bits per heavy atom. The third kappa shape index (κ3) is 6.77. The van der Waals surface area contributed by atoms with Gasteiger partial charge in [0.2, 0.25) is 0 Å². The molecule has 0 bridgehead atoms. The summed E-state index contributed by atoms with van der Waals surface area (Å²) in [7, 11) is 0. The number of esters is 1. The Morgan fingerprint density at radius 1 is 0.967 bits per heavy atom. The lowest BCUT2D eigenvalue weighted by Crippen LogP contribution is -2.31. The standard InChI is InChI=1S/C23H26N2O5/c1-6-19(25-22(28)30-23(3,4)5)18-9-7-8-10-20(18)24-21(27)16-11-13-17(14-12-16)29-15(2)26/h6-14H,1-5H3,(H,24,27)(H,25,28)/b19-6-. The van der Waals surface area contributed by atoms with Gasteiger partial charge in [0.25, 0.3) is 5.91 Å². The SMILES string of the molecule is C/C=C(\NC(=O)OC(C)(C)C)c1ccccc1NC(=O)c1ccc(OC(C)=O)cc1. The monoisotopic (exact) mass is 410 g/mol. The fraction of sp³-hybridized carbons (Fsp3) is 0.261. The summed E-state index contributed by atoms with van der Waals surface area (Å²) in [5.74, 6) is -0.417. The summed E-state index contributed by atoms with van der Waals surface area (Å²) in [5.41, 5.74) is 1.43. The average molecular weight is 410 g/mol. The maximum absolute atomic E-state index is 12.7. The van der Waals surface area contributed by atoms with E-state index in [9.17, 15) is 14.4 Å².